The second-order valence-corrected chi connectivity index (χ2v) is 5.45. The molecule has 0 radical (unpaired) electrons. The Morgan fingerprint density at radius 2 is 1.67 bits per heavy atom. The van der Waals surface area contributed by atoms with Gasteiger partial charge in [-0.3, -0.25) is 9.59 Å². The molecule has 0 aliphatic heterocycles. The molecule has 5 nitrogen and oxygen atoms in total. The predicted molar refractivity (Wildman–Crippen MR) is 91.4 cm³/mol. The molecule has 0 spiro atoms. The van der Waals surface area contributed by atoms with Gasteiger partial charge in [-0.1, -0.05) is 35.9 Å². The Balaban J connectivity index is 2.01. The van der Waals surface area contributed by atoms with Crippen LogP contribution in [-0.2, 0) is 9.59 Å². The molecule has 0 aromatic heterocycles. The maximum absolute atomic E-state index is 13.4. The number of rotatable bonds is 3. The first-order chi connectivity index (χ1) is 11.4. The lowest BCUT2D eigenvalue weighted by molar-refractivity contribution is -0.136. The van der Waals surface area contributed by atoms with Crippen LogP contribution >= 0.6 is 0 Å². The number of halogens is 1. The van der Waals surface area contributed by atoms with Crippen molar-refractivity contribution in [2.75, 3.05) is 5.32 Å². The molecule has 2 N–H and O–H groups in total. The second kappa shape index (κ2) is 7.50. The van der Waals surface area contributed by atoms with E-state index in [9.17, 15) is 14.0 Å². The third-order valence-corrected chi connectivity index (χ3v) is 3.40. The van der Waals surface area contributed by atoms with Crippen LogP contribution in [0.5, 0.6) is 0 Å². The highest BCUT2D eigenvalue weighted by atomic mass is 19.1. The van der Waals surface area contributed by atoms with E-state index in [-0.39, 0.29) is 5.56 Å². The molecule has 0 saturated heterocycles. The van der Waals surface area contributed by atoms with Gasteiger partial charge in [0.2, 0.25) is 0 Å². The SMILES string of the molecule is Cc1cc(C)c(NC(=O)C(=O)N/N=C/c2ccccc2F)c(C)c1. The average Bonchev–Trinajstić information content (AvgIpc) is 2.52. The summed E-state index contributed by atoms with van der Waals surface area (Å²) in [5, 5.41) is 6.17. The van der Waals surface area contributed by atoms with E-state index in [1.807, 2.05) is 32.9 Å². The largest absolute Gasteiger partial charge is 0.329 e. The topological polar surface area (TPSA) is 70.6 Å². The van der Waals surface area contributed by atoms with Gasteiger partial charge in [0.15, 0.2) is 0 Å². The maximum atomic E-state index is 13.4. The van der Waals surface area contributed by atoms with Gasteiger partial charge in [0.1, 0.15) is 5.82 Å². The first-order valence-electron chi connectivity index (χ1n) is 7.35. The molecule has 0 aliphatic carbocycles. The molecule has 2 rings (SSSR count). The number of nitrogens with zero attached hydrogens (tertiary/aromatic N) is 1. The summed E-state index contributed by atoms with van der Waals surface area (Å²) in [6.07, 6.45) is 1.14. The number of hydrazone groups is 1. The van der Waals surface area contributed by atoms with Gasteiger partial charge < -0.3 is 5.32 Å². The minimum atomic E-state index is -0.929. The fourth-order valence-electron chi connectivity index (χ4n) is 2.34. The number of hydrogen-bond acceptors (Lipinski definition) is 3. The van der Waals surface area contributed by atoms with Crippen LogP contribution < -0.4 is 10.7 Å². The Labute approximate surface area is 139 Å². The van der Waals surface area contributed by atoms with E-state index in [0.717, 1.165) is 22.9 Å². The van der Waals surface area contributed by atoms with Crippen LogP contribution in [0.1, 0.15) is 22.3 Å². The second-order valence-electron chi connectivity index (χ2n) is 5.45. The molecule has 2 aromatic carbocycles. The van der Waals surface area contributed by atoms with E-state index < -0.39 is 17.6 Å². The smallest absolute Gasteiger partial charge is 0.317 e. The Bertz CT molecular complexity index is 793. The molecule has 2 amide bonds. The van der Waals surface area contributed by atoms with Gasteiger partial charge in [-0.15, -0.1) is 0 Å². The lowest BCUT2D eigenvalue weighted by Gasteiger charge is -2.12. The van der Waals surface area contributed by atoms with Crippen molar-refractivity contribution in [2.45, 2.75) is 20.8 Å². The zero-order chi connectivity index (χ0) is 17.7. The molecule has 6 heteroatoms. The molecule has 124 valence electrons. The van der Waals surface area contributed by atoms with Crippen molar-refractivity contribution in [3.63, 3.8) is 0 Å². The quantitative estimate of drug-likeness (QED) is 0.517. The van der Waals surface area contributed by atoms with E-state index >= 15 is 0 Å². The highest BCUT2D eigenvalue weighted by Crippen LogP contribution is 2.21. The average molecular weight is 327 g/mol. The van der Waals surface area contributed by atoms with Gasteiger partial charge in [-0.25, -0.2) is 9.82 Å². The zero-order valence-electron chi connectivity index (χ0n) is 13.7. The fourth-order valence-corrected chi connectivity index (χ4v) is 2.34. The summed E-state index contributed by atoms with van der Waals surface area (Å²) in [4.78, 5) is 23.7. The van der Waals surface area contributed by atoms with Crippen molar-refractivity contribution in [2.24, 2.45) is 5.10 Å². The van der Waals surface area contributed by atoms with Gasteiger partial charge in [0, 0.05) is 11.3 Å². The van der Waals surface area contributed by atoms with E-state index in [2.05, 4.69) is 15.8 Å². The molecule has 0 unspecified atom stereocenters. The molecular formula is C18H18FN3O2. The summed E-state index contributed by atoms with van der Waals surface area (Å²) in [7, 11) is 0. The molecule has 0 heterocycles. The molecule has 0 aliphatic rings. The van der Waals surface area contributed by atoms with Gasteiger partial charge in [-0.05, 0) is 38.0 Å². The van der Waals surface area contributed by atoms with Crippen LogP contribution in [-0.4, -0.2) is 18.0 Å². The normalized spacial score (nSPS) is 10.7. The molecule has 24 heavy (non-hydrogen) atoms. The number of aryl methyl sites for hydroxylation is 3. The monoisotopic (exact) mass is 327 g/mol. The van der Waals surface area contributed by atoms with Crippen LogP contribution in [0.25, 0.3) is 0 Å². The molecular weight excluding hydrogens is 309 g/mol. The van der Waals surface area contributed by atoms with Crippen LogP contribution in [0.3, 0.4) is 0 Å². The summed E-state index contributed by atoms with van der Waals surface area (Å²) in [6, 6.07) is 9.80. The number of nitrogens with one attached hydrogen (secondary N) is 2. The highest BCUT2D eigenvalue weighted by Gasteiger charge is 2.15. The van der Waals surface area contributed by atoms with E-state index in [1.54, 1.807) is 12.1 Å². The van der Waals surface area contributed by atoms with E-state index in [0.29, 0.717) is 5.69 Å². The number of amides is 2. The summed E-state index contributed by atoms with van der Waals surface area (Å²) < 4.78 is 13.4. The van der Waals surface area contributed by atoms with Gasteiger partial charge >= 0.3 is 11.8 Å². The van der Waals surface area contributed by atoms with Crippen LogP contribution in [0.15, 0.2) is 41.5 Å². The third-order valence-electron chi connectivity index (χ3n) is 3.40. The minimum Gasteiger partial charge on any atom is -0.317 e. The number of hydrogen-bond donors (Lipinski definition) is 2. The number of carbonyl (C=O) groups is 2. The summed E-state index contributed by atoms with van der Waals surface area (Å²) in [5.41, 5.74) is 5.69. The van der Waals surface area contributed by atoms with Crippen molar-refractivity contribution in [3.05, 3.63) is 64.5 Å². The Kier molecular flexibility index (Phi) is 5.42. The number of anilines is 1. The number of carbonyl (C=O) groups excluding carboxylic acids is 2. The van der Waals surface area contributed by atoms with Gasteiger partial charge in [0.25, 0.3) is 0 Å². The summed E-state index contributed by atoms with van der Waals surface area (Å²) in [6.45, 7) is 5.66. The Morgan fingerprint density at radius 1 is 1.04 bits per heavy atom. The van der Waals surface area contributed by atoms with Gasteiger partial charge in [0.05, 0.1) is 6.21 Å². The van der Waals surface area contributed by atoms with Crippen LogP contribution in [0.4, 0.5) is 10.1 Å². The molecule has 0 saturated carbocycles. The Hall–Kier alpha value is -3.02. The highest BCUT2D eigenvalue weighted by molar-refractivity contribution is 6.39. The summed E-state index contributed by atoms with van der Waals surface area (Å²) in [5.74, 6) is -2.23. The standard InChI is InChI=1S/C18H18FN3O2/c1-11-8-12(2)16(13(3)9-11)21-17(23)18(24)22-20-10-14-6-4-5-7-15(14)19/h4-10H,1-3H3,(H,21,23)(H,22,24)/b20-10+. The molecule has 2 aromatic rings. The molecule has 0 atom stereocenters. The Morgan fingerprint density at radius 3 is 2.29 bits per heavy atom. The summed E-state index contributed by atoms with van der Waals surface area (Å²) >= 11 is 0. The van der Waals surface area contributed by atoms with Crippen molar-refractivity contribution in [3.8, 4) is 0 Å². The van der Waals surface area contributed by atoms with Crippen LogP contribution in [0.2, 0.25) is 0 Å². The van der Waals surface area contributed by atoms with E-state index in [4.69, 9.17) is 0 Å². The fraction of sp³-hybridized carbons (Fsp3) is 0.167. The maximum Gasteiger partial charge on any atom is 0.329 e. The predicted octanol–water partition coefficient (Wildman–Crippen LogP) is 2.84. The first-order valence-corrected chi connectivity index (χ1v) is 7.35. The molecule has 0 fully saturated rings. The van der Waals surface area contributed by atoms with E-state index in [1.165, 1.54) is 12.1 Å². The lowest BCUT2D eigenvalue weighted by Crippen LogP contribution is -2.32. The lowest BCUT2D eigenvalue weighted by atomic mass is 10.1. The first kappa shape index (κ1) is 17.3. The third kappa shape index (κ3) is 4.25. The number of benzene rings is 2. The van der Waals surface area contributed by atoms with Crippen molar-refractivity contribution in [1.82, 2.24) is 5.43 Å². The van der Waals surface area contributed by atoms with Crippen molar-refractivity contribution < 1.29 is 14.0 Å². The van der Waals surface area contributed by atoms with Crippen LogP contribution in [0, 0.1) is 26.6 Å². The molecule has 0 bridgehead atoms. The van der Waals surface area contributed by atoms with Crippen molar-refractivity contribution >= 4 is 23.7 Å². The van der Waals surface area contributed by atoms with Gasteiger partial charge in [-0.2, -0.15) is 5.10 Å². The minimum absolute atomic E-state index is 0.212. The zero-order valence-corrected chi connectivity index (χ0v) is 13.7. The van der Waals surface area contributed by atoms with Crippen molar-refractivity contribution in [1.29, 1.82) is 0 Å².